The molecule has 5 nitrogen and oxygen atoms in total. The Kier molecular flexibility index (Phi) is 5.31. The zero-order valence-electron chi connectivity index (χ0n) is 12.0. The minimum Gasteiger partial charge on any atom is -0.493 e. The number of methoxy groups -OCH3 is 2. The molecule has 0 unspecified atom stereocenters. The molecule has 1 aromatic carbocycles. The molecule has 20 heavy (non-hydrogen) atoms. The van der Waals surface area contributed by atoms with Crippen molar-refractivity contribution in [3.05, 3.63) is 23.2 Å². The summed E-state index contributed by atoms with van der Waals surface area (Å²) in [6.07, 6.45) is 0.887. The van der Waals surface area contributed by atoms with Crippen molar-refractivity contribution in [2.45, 2.75) is 13.3 Å². The van der Waals surface area contributed by atoms with Gasteiger partial charge in [-0.3, -0.25) is 0 Å². The maximum Gasteiger partial charge on any atom is 0.171 e. The molecule has 108 valence electrons. The van der Waals surface area contributed by atoms with Gasteiger partial charge in [-0.15, -0.1) is 10.2 Å². The second-order valence-corrected chi connectivity index (χ2v) is 5.21. The zero-order valence-corrected chi connectivity index (χ0v) is 12.8. The molecule has 0 saturated carbocycles. The maximum absolute atomic E-state index is 5.43. The van der Waals surface area contributed by atoms with Gasteiger partial charge in [0.25, 0.3) is 0 Å². The van der Waals surface area contributed by atoms with E-state index in [1.54, 1.807) is 25.6 Å². The molecule has 0 radical (unpaired) electrons. The number of hydrogen-bond donors (Lipinski definition) is 1. The predicted octanol–water partition coefficient (Wildman–Crippen LogP) is 2.37. The van der Waals surface area contributed by atoms with Gasteiger partial charge in [0.1, 0.15) is 5.01 Å². The first-order chi connectivity index (χ1) is 9.80. The molecule has 1 N–H and O–H groups in total. The average Bonchev–Trinajstić information content (AvgIpc) is 2.95. The highest BCUT2D eigenvalue weighted by atomic mass is 32.1. The van der Waals surface area contributed by atoms with Crippen molar-refractivity contribution in [2.75, 3.05) is 27.3 Å². The summed E-state index contributed by atoms with van der Waals surface area (Å²) in [5, 5.41) is 13.6. The number of para-hydroxylation sites is 1. The Hall–Kier alpha value is -1.66. The van der Waals surface area contributed by atoms with E-state index in [1.165, 1.54) is 0 Å². The van der Waals surface area contributed by atoms with Crippen LogP contribution in [0.3, 0.4) is 0 Å². The van der Waals surface area contributed by atoms with Crippen LogP contribution in [0.25, 0.3) is 10.6 Å². The summed E-state index contributed by atoms with van der Waals surface area (Å²) >= 11 is 1.59. The van der Waals surface area contributed by atoms with Gasteiger partial charge in [-0.2, -0.15) is 0 Å². The normalized spacial score (nSPS) is 10.6. The summed E-state index contributed by atoms with van der Waals surface area (Å²) < 4.78 is 10.7. The van der Waals surface area contributed by atoms with Crippen molar-refractivity contribution >= 4 is 11.3 Å². The Bertz CT molecular complexity index is 557. The van der Waals surface area contributed by atoms with E-state index >= 15 is 0 Å². The fraction of sp³-hybridized carbons (Fsp3) is 0.429. The quantitative estimate of drug-likeness (QED) is 0.794. The van der Waals surface area contributed by atoms with Gasteiger partial charge >= 0.3 is 0 Å². The van der Waals surface area contributed by atoms with Crippen LogP contribution in [0.5, 0.6) is 11.5 Å². The van der Waals surface area contributed by atoms with E-state index in [9.17, 15) is 0 Å². The summed E-state index contributed by atoms with van der Waals surface area (Å²) in [5.74, 6) is 1.40. The van der Waals surface area contributed by atoms with Gasteiger partial charge in [0.2, 0.25) is 0 Å². The highest BCUT2D eigenvalue weighted by Gasteiger charge is 2.15. The van der Waals surface area contributed by atoms with Gasteiger partial charge < -0.3 is 14.8 Å². The first kappa shape index (κ1) is 14.7. The van der Waals surface area contributed by atoms with Crippen molar-refractivity contribution in [3.63, 3.8) is 0 Å². The van der Waals surface area contributed by atoms with E-state index in [4.69, 9.17) is 9.47 Å². The highest BCUT2D eigenvalue weighted by molar-refractivity contribution is 7.14. The number of nitrogens with zero attached hydrogens (tertiary/aromatic N) is 2. The van der Waals surface area contributed by atoms with Crippen LogP contribution in [0.15, 0.2) is 18.2 Å². The third-order valence-corrected chi connectivity index (χ3v) is 3.88. The fourth-order valence-corrected chi connectivity index (χ4v) is 2.75. The van der Waals surface area contributed by atoms with Gasteiger partial charge in [-0.05, 0) is 18.7 Å². The summed E-state index contributed by atoms with van der Waals surface area (Å²) in [6.45, 7) is 3.97. The minimum absolute atomic E-state index is 0.699. The van der Waals surface area contributed by atoms with Crippen LogP contribution in [0.1, 0.15) is 11.9 Å². The van der Waals surface area contributed by atoms with Gasteiger partial charge in [0.05, 0.1) is 19.8 Å². The minimum atomic E-state index is 0.699. The molecule has 1 aromatic heterocycles. The van der Waals surface area contributed by atoms with Crippen LogP contribution in [-0.2, 0) is 6.42 Å². The smallest absolute Gasteiger partial charge is 0.171 e. The first-order valence-corrected chi connectivity index (χ1v) is 7.36. The first-order valence-electron chi connectivity index (χ1n) is 6.54. The Labute approximate surface area is 123 Å². The van der Waals surface area contributed by atoms with Crippen LogP contribution in [-0.4, -0.2) is 37.5 Å². The Morgan fingerprint density at radius 3 is 2.75 bits per heavy atom. The molecule has 0 aliphatic heterocycles. The van der Waals surface area contributed by atoms with E-state index < -0.39 is 0 Å². The van der Waals surface area contributed by atoms with Gasteiger partial charge in [0, 0.05) is 13.0 Å². The van der Waals surface area contributed by atoms with Crippen LogP contribution in [0.4, 0.5) is 0 Å². The van der Waals surface area contributed by atoms with Crippen molar-refractivity contribution in [1.82, 2.24) is 15.5 Å². The lowest BCUT2D eigenvalue weighted by atomic mass is 10.2. The molecule has 0 amide bonds. The third-order valence-electron chi connectivity index (χ3n) is 2.87. The van der Waals surface area contributed by atoms with E-state index in [0.717, 1.165) is 35.1 Å². The Morgan fingerprint density at radius 2 is 2.05 bits per heavy atom. The van der Waals surface area contributed by atoms with E-state index in [2.05, 4.69) is 22.4 Å². The van der Waals surface area contributed by atoms with Crippen LogP contribution in [0.2, 0.25) is 0 Å². The second kappa shape index (κ2) is 7.21. The highest BCUT2D eigenvalue weighted by Crippen LogP contribution is 2.38. The lowest BCUT2D eigenvalue weighted by molar-refractivity contribution is 0.356. The SMILES string of the molecule is CCNCCc1nnc(-c2cccc(OC)c2OC)s1. The molecule has 0 saturated heterocycles. The molecular formula is C14H19N3O2S. The topological polar surface area (TPSA) is 56.3 Å². The monoisotopic (exact) mass is 293 g/mol. The predicted molar refractivity (Wildman–Crippen MR) is 80.7 cm³/mol. The Balaban J connectivity index is 2.23. The second-order valence-electron chi connectivity index (χ2n) is 4.15. The fourth-order valence-electron chi connectivity index (χ4n) is 1.89. The van der Waals surface area contributed by atoms with Gasteiger partial charge in [0.15, 0.2) is 16.5 Å². The molecule has 0 fully saturated rings. The summed E-state index contributed by atoms with van der Waals surface area (Å²) in [5.41, 5.74) is 0.916. The molecular weight excluding hydrogens is 274 g/mol. The zero-order chi connectivity index (χ0) is 14.4. The number of ether oxygens (including phenoxy) is 2. The number of rotatable bonds is 7. The van der Waals surface area contributed by atoms with Crippen molar-refractivity contribution in [3.8, 4) is 22.1 Å². The third kappa shape index (κ3) is 3.26. The molecule has 0 atom stereocenters. The van der Waals surface area contributed by atoms with Crippen LogP contribution >= 0.6 is 11.3 Å². The van der Waals surface area contributed by atoms with Crippen molar-refractivity contribution in [1.29, 1.82) is 0 Å². The maximum atomic E-state index is 5.43. The summed E-state index contributed by atoms with van der Waals surface area (Å²) in [6, 6.07) is 5.77. The molecule has 2 aromatic rings. The number of aromatic nitrogens is 2. The molecule has 0 bridgehead atoms. The lowest BCUT2D eigenvalue weighted by Crippen LogP contribution is -2.15. The molecule has 0 aliphatic rings. The molecule has 0 spiro atoms. The standard InChI is InChI=1S/C14H19N3O2S/c1-4-15-9-8-12-16-17-14(20-12)10-6-5-7-11(18-2)13(10)19-3/h5-7,15H,4,8-9H2,1-3H3. The van der Waals surface area contributed by atoms with Crippen LogP contribution < -0.4 is 14.8 Å². The van der Waals surface area contributed by atoms with Gasteiger partial charge in [-0.25, -0.2) is 0 Å². The number of likely N-dealkylation sites (N-methyl/N-ethyl adjacent to an activating group) is 1. The van der Waals surface area contributed by atoms with Gasteiger partial charge in [-0.1, -0.05) is 24.3 Å². The molecule has 6 heteroatoms. The van der Waals surface area contributed by atoms with E-state index in [-0.39, 0.29) is 0 Å². The van der Waals surface area contributed by atoms with Crippen LogP contribution in [0, 0.1) is 0 Å². The summed E-state index contributed by atoms with van der Waals surface area (Å²) in [7, 11) is 3.26. The largest absolute Gasteiger partial charge is 0.493 e. The Morgan fingerprint density at radius 1 is 1.20 bits per heavy atom. The van der Waals surface area contributed by atoms with Crippen molar-refractivity contribution < 1.29 is 9.47 Å². The van der Waals surface area contributed by atoms with E-state index in [0.29, 0.717) is 11.5 Å². The molecule has 1 heterocycles. The molecule has 0 aliphatic carbocycles. The van der Waals surface area contributed by atoms with Crippen molar-refractivity contribution in [2.24, 2.45) is 0 Å². The number of hydrogen-bond acceptors (Lipinski definition) is 6. The number of nitrogens with one attached hydrogen (secondary N) is 1. The summed E-state index contributed by atoms with van der Waals surface area (Å²) in [4.78, 5) is 0. The number of benzene rings is 1. The lowest BCUT2D eigenvalue weighted by Gasteiger charge is -2.10. The van der Waals surface area contributed by atoms with E-state index in [1.807, 2.05) is 18.2 Å². The average molecular weight is 293 g/mol. The molecule has 2 rings (SSSR count).